The highest BCUT2D eigenvalue weighted by atomic mass is 16.2. The van der Waals surface area contributed by atoms with Gasteiger partial charge in [-0.3, -0.25) is 29.0 Å². The molecule has 5 aromatic rings. The summed E-state index contributed by atoms with van der Waals surface area (Å²) in [7, 11) is 0. The second-order valence-electron chi connectivity index (χ2n) is 13.4. The van der Waals surface area contributed by atoms with Crippen molar-refractivity contribution in [2.24, 2.45) is 0 Å². The molecule has 2 aliphatic heterocycles. The van der Waals surface area contributed by atoms with Crippen LogP contribution in [0.25, 0.3) is 43.1 Å². The van der Waals surface area contributed by atoms with Gasteiger partial charge >= 0.3 is 0 Å². The van der Waals surface area contributed by atoms with Crippen LogP contribution < -0.4 is 0 Å². The maximum Gasteiger partial charge on any atom is 0.261 e. The van der Waals surface area contributed by atoms with Crippen molar-refractivity contribution in [3.05, 3.63) is 118 Å². The molecule has 4 amide bonds. The Bertz CT molecular complexity index is 2230. The molecule has 0 atom stereocenters. The van der Waals surface area contributed by atoms with E-state index in [1.807, 2.05) is 60.7 Å². The molecule has 0 spiro atoms. The van der Waals surface area contributed by atoms with Crippen molar-refractivity contribution in [1.82, 2.24) is 9.80 Å². The van der Waals surface area contributed by atoms with E-state index in [1.54, 1.807) is 0 Å². The number of unbranched alkanes of at least 4 members (excludes halogenated alkanes) is 2. The molecule has 0 unspecified atom stereocenters. The van der Waals surface area contributed by atoms with Crippen molar-refractivity contribution < 1.29 is 19.2 Å². The van der Waals surface area contributed by atoms with Crippen molar-refractivity contribution in [1.29, 1.82) is 0 Å². The predicted octanol–water partition coefficient (Wildman–Crippen LogP) is 8.95. The Hall–Kier alpha value is -5.36. The van der Waals surface area contributed by atoms with Crippen LogP contribution in [0, 0.1) is 0 Å². The number of amides is 4. The molecule has 0 saturated carbocycles. The van der Waals surface area contributed by atoms with Crippen molar-refractivity contribution in [2.75, 3.05) is 13.1 Å². The summed E-state index contributed by atoms with van der Waals surface area (Å²) in [5.74, 6) is -1.17. The number of fused-ring (bicyclic) bond motifs is 2. The molecule has 6 heteroatoms. The average Bonchev–Trinajstić information content (AvgIpc) is 3.84. The van der Waals surface area contributed by atoms with E-state index in [4.69, 9.17) is 0 Å². The van der Waals surface area contributed by atoms with Gasteiger partial charge in [-0.25, -0.2) is 0 Å². The summed E-state index contributed by atoms with van der Waals surface area (Å²) in [6, 6.07) is 11.8. The zero-order chi connectivity index (χ0) is 32.8. The van der Waals surface area contributed by atoms with Crippen molar-refractivity contribution >= 4 is 66.7 Å². The van der Waals surface area contributed by atoms with Crippen LogP contribution in [0.2, 0.25) is 0 Å². The first-order chi connectivity index (χ1) is 23.4. The Labute approximate surface area is 278 Å². The lowest BCUT2D eigenvalue weighted by atomic mass is 9.76. The molecule has 0 saturated heterocycles. The summed E-state index contributed by atoms with van der Waals surface area (Å²) >= 11 is 0. The van der Waals surface area contributed by atoms with Gasteiger partial charge in [-0.05, 0) is 80.6 Å². The molecule has 0 N–H and O–H groups in total. The van der Waals surface area contributed by atoms with Gasteiger partial charge in [0.05, 0.1) is 0 Å². The first-order valence-electron chi connectivity index (χ1n) is 17.1. The van der Waals surface area contributed by atoms with E-state index in [0.29, 0.717) is 46.1 Å². The molecule has 2 heterocycles. The fourth-order valence-electron chi connectivity index (χ4n) is 8.47. The lowest BCUT2D eigenvalue weighted by molar-refractivity contribution is 0.0593. The minimum absolute atomic E-state index is 0.0768. The second-order valence-corrected chi connectivity index (χ2v) is 13.4. The van der Waals surface area contributed by atoms with Gasteiger partial charge in [-0.15, -0.1) is 0 Å². The molecule has 0 fully saturated rings. The standard InChI is InChI=1S/C42H34N2O4/c1-3-5-19-43-39(45)27-17-15-25-34-30(24-13-9-10-14-24)22-32-36-28(40(46)44(42(32)48)20-6-4-2)18-16-26(38(34)36)33-29(23-11-7-8-12-23)21-31(41(43)47)35(27)37(25)33/h7-18,21-24H,3-6,19-20H2,1-2H3. The van der Waals surface area contributed by atoms with Crippen molar-refractivity contribution in [2.45, 2.75) is 51.4 Å². The van der Waals surface area contributed by atoms with Gasteiger partial charge in [0.2, 0.25) is 0 Å². The van der Waals surface area contributed by atoms with Crippen LogP contribution in [0.3, 0.4) is 0 Å². The Kier molecular flexibility index (Phi) is 6.35. The van der Waals surface area contributed by atoms with Crippen LogP contribution in [-0.4, -0.2) is 46.5 Å². The average molecular weight is 631 g/mol. The summed E-state index contributed by atoms with van der Waals surface area (Å²) in [6.07, 6.45) is 19.8. The molecular formula is C42H34N2O4. The lowest BCUT2D eigenvalue weighted by Crippen LogP contribution is -2.41. The number of nitrogens with zero attached hydrogens (tertiary/aromatic N) is 2. The van der Waals surface area contributed by atoms with Crippen LogP contribution in [0.4, 0.5) is 0 Å². The summed E-state index contributed by atoms with van der Waals surface area (Å²) in [6.45, 7) is 4.87. The number of carbonyl (C=O) groups excluding carboxylic acids is 4. The van der Waals surface area contributed by atoms with Crippen LogP contribution >= 0.6 is 0 Å². The largest absolute Gasteiger partial charge is 0.274 e. The molecule has 4 aliphatic rings. The number of hydrogen-bond donors (Lipinski definition) is 0. The van der Waals surface area contributed by atoms with E-state index in [1.165, 1.54) is 9.80 Å². The van der Waals surface area contributed by atoms with E-state index in [-0.39, 0.29) is 35.5 Å². The van der Waals surface area contributed by atoms with Crippen LogP contribution in [-0.2, 0) is 0 Å². The molecular weight excluding hydrogens is 596 g/mol. The highest BCUT2D eigenvalue weighted by Gasteiger charge is 2.39. The molecule has 0 aromatic heterocycles. The van der Waals surface area contributed by atoms with Gasteiger partial charge < -0.3 is 0 Å². The van der Waals surface area contributed by atoms with E-state index in [2.05, 4.69) is 38.2 Å². The van der Waals surface area contributed by atoms with Gasteiger partial charge in [-0.2, -0.15) is 0 Å². The minimum Gasteiger partial charge on any atom is -0.274 e. The maximum absolute atomic E-state index is 14.2. The summed E-state index contributed by atoms with van der Waals surface area (Å²) < 4.78 is 0. The fourth-order valence-corrected chi connectivity index (χ4v) is 8.47. The van der Waals surface area contributed by atoms with Gasteiger partial charge in [0.15, 0.2) is 0 Å². The first kappa shape index (κ1) is 28.8. The molecule has 236 valence electrons. The summed E-state index contributed by atoms with van der Waals surface area (Å²) in [5.41, 5.74) is 4.14. The number of allylic oxidation sites excluding steroid dienone is 8. The zero-order valence-corrected chi connectivity index (χ0v) is 27.0. The van der Waals surface area contributed by atoms with E-state index in [0.717, 1.165) is 69.1 Å². The molecule has 48 heavy (non-hydrogen) atoms. The van der Waals surface area contributed by atoms with Crippen LogP contribution in [0.5, 0.6) is 0 Å². The predicted molar refractivity (Wildman–Crippen MR) is 190 cm³/mol. The highest BCUT2D eigenvalue weighted by Crippen LogP contribution is 2.51. The van der Waals surface area contributed by atoms with Gasteiger partial charge in [-0.1, -0.05) is 87.4 Å². The number of rotatable bonds is 8. The lowest BCUT2D eigenvalue weighted by Gasteiger charge is -2.32. The van der Waals surface area contributed by atoms with Gasteiger partial charge in [0, 0.05) is 58.0 Å². The number of hydrogen-bond acceptors (Lipinski definition) is 4. The topological polar surface area (TPSA) is 74.8 Å². The molecule has 9 rings (SSSR count). The molecule has 5 aromatic carbocycles. The monoisotopic (exact) mass is 630 g/mol. The Morgan fingerprint density at radius 3 is 1.23 bits per heavy atom. The Morgan fingerprint density at radius 2 is 0.854 bits per heavy atom. The van der Waals surface area contributed by atoms with E-state index in [9.17, 15) is 19.2 Å². The summed E-state index contributed by atoms with van der Waals surface area (Å²) in [4.78, 5) is 59.3. The molecule has 2 aliphatic carbocycles. The Balaban J connectivity index is 1.48. The SMILES string of the molecule is CCCCN1C(=O)c2ccc3c4c(C5C=CC=C5)cc5c6c(ccc(c7c(C8C=CC=C8)cc(c2c37)C1=O)c64)C(=O)N(CCCC)C5=O. The number of imide groups is 2. The van der Waals surface area contributed by atoms with Gasteiger partial charge in [0.1, 0.15) is 0 Å². The first-order valence-corrected chi connectivity index (χ1v) is 17.1. The van der Waals surface area contributed by atoms with Crippen molar-refractivity contribution in [3.8, 4) is 0 Å². The van der Waals surface area contributed by atoms with Gasteiger partial charge in [0.25, 0.3) is 23.6 Å². The Morgan fingerprint density at radius 1 is 0.479 bits per heavy atom. The van der Waals surface area contributed by atoms with E-state index >= 15 is 0 Å². The number of carbonyl (C=O) groups is 4. The van der Waals surface area contributed by atoms with Crippen molar-refractivity contribution in [3.63, 3.8) is 0 Å². The third-order valence-electron chi connectivity index (χ3n) is 10.8. The molecule has 6 nitrogen and oxygen atoms in total. The number of benzene rings is 5. The van der Waals surface area contributed by atoms with E-state index < -0.39 is 0 Å². The third kappa shape index (κ3) is 3.74. The zero-order valence-electron chi connectivity index (χ0n) is 27.0. The van der Waals surface area contributed by atoms with Crippen LogP contribution in [0.15, 0.2) is 85.0 Å². The maximum atomic E-state index is 14.2. The third-order valence-corrected chi connectivity index (χ3v) is 10.8. The minimum atomic E-state index is -0.256. The molecule has 0 bridgehead atoms. The molecule has 0 radical (unpaired) electrons. The second kappa shape index (κ2) is 10.6. The highest BCUT2D eigenvalue weighted by molar-refractivity contribution is 6.42. The fraction of sp³-hybridized carbons (Fsp3) is 0.238. The quantitative estimate of drug-likeness (QED) is 0.0975. The normalized spacial score (nSPS) is 17.5. The summed E-state index contributed by atoms with van der Waals surface area (Å²) in [5, 5.41) is 6.95. The smallest absolute Gasteiger partial charge is 0.261 e. The van der Waals surface area contributed by atoms with Crippen LogP contribution in [0.1, 0.15) is 104 Å².